The van der Waals surface area contributed by atoms with Crippen molar-refractivity contribution in [2.45, 2.75) is 26.3 Å². The van der Waals surface area contributed by atoms with E-state index < -0.39 is 0 Å². The first-order valence-corrected chi connectivity index (χ1v) is 6.68. The third-order valence-electron chi connectivity index (χ3n) is 3.45. The van der Waals surface area contributed by atoms with E-state index in [-0.39, 0.29) is 0 Å². The zero-order chi connectivity index (χ0) is 12.1. The highest BCUT2D eigenvalue weighted by Gasteiger charge is 2.19. The summed E-state index contributed by atoms with van der Waals surface area (Å²) in [6.45, 7) is 7.94. The highest BCUT2D eigenvalue weighted by atomic mass is 15.2. The number of likely N-dealkylation sites (tertiary alicyclic amines) is 1. The van der Waals surface area contributed by atoms with Gasteiger partial charge in [0.1, 0.15) is 0 Å². The molecule has 1 atom stereocenters. The molecule has 1 aromatic heterocycles. The second-order valence-corrected chi connectivity index (χ2v) is 5.07. The van der Waals surface area contributed by atoms with E-state index in [1.54, 1.807) is 0 Å². The Kier molecular flexibility index (Phi) is 4.57. The van der Waals surface area contributed by atoms with Gasteiger partial charge in [-0.05, 0) is 38.4 Å². The number of aryl methyl sites for hydroxylation is 1. The predicted octanol–water partition coefficient (Wildman–Crippen LogP) is 1.24. The summed E-state index contributed by atoms with van der Waals surface area (Å²) in [5, 5.41) is 7.69. The van der Waals surface area contributed by atoms with Gasteiger partial charge in [-0.1, -0.05) is 6.92 Å². The van der Waals surface area contributed by atoms with Crippen LogP contribution in [0.3, 0.4) is 0 Å². The maximum absolute atomic E-state index is 4.23. The monoisotopic (exact) mass is 236 g/mol. The molecular formula is C13H24N4. The van der Waals surface area contributed by atoms with Crippen LogP contribution in [0.4, 0.5) is 0 Å². The molecule has 17 heavy (non-hydrogen) atoms. The quantitative estimate of drug-likeness (QED) is 0.835. The van der Waals surface area contributed by atoms with Crippen molar-refractivity contribution in [2.75, 3.05) is 26.2 Å². The van der Waals surface area contributed by atoms with E-state index in [9.17, 15) is 0 Å². The molecule has 0 saturated carbocycles. The lowest BCUT2D eigenvalue weighted by Gasteiger charge is -2.32. The molecule has 2 rings (SSSR count). The highest BCUT2D eigenvalue weighted by molar-refractivity contribution is 5.03. The Labute approximate surface area is 104 Å². The van der Waals surface area contributed by atoms with Crippen molar-refractivity contribution in [3.8, 4) is 0 Å². The van der Waals surface area contributed by atoms with Crippen LogP contribution in [0.2, 0.25) is 0 Å². The number of nitrogens with zero attached hydrogens (tertiary/aromatic N) is 3. The van der Waals surface area contributed by atoms with Gasteiger partial charge in [0.05, 0.1) is 6.20 Å². The molecule has 2 heterocycles. The Morgan fingerprint density at radius 3 is 3.12 bits per heavy atom. The summed E-state index contributed by atoms with van der Waals surface area (Å²) in [7, 11) is 1.98. The predicted molar refractivity (Wildman–Crippen MR) is 69.8 cm³/mol. The molecule has 1 aliphatic heterocycles. The van der Waals surface area contributed by atoms with Gasteiger partial charge in [-0.25, -0.2) is 0 Å². The Balaban J connectivity index is 1.80. The van der Waals surface area contributed by atoms with Crippen LogP contribution in [-0.2, 0) is 13.6 Å². The number of hydrogen-bond donors (Lipinski definition) is 1. The number of piperidine rings is 1. The maximum atomic E-state index is 4.23. The van der Waals surface area contributed by atoms with E-state index in [2.05, 4.69) is 28.4 Å². The van der Waals surface area contributed by atoms with Crippen LogP contribution in [0.5, 0.6) is 0 Å². The van der Waals surface area contributed by atoms with Gasteiger partial charge in [0.2, 0.25) is 0 Å². The largest absolute Gasteiger partial charge is 0.317 e. The molecule has 0 aromatic carbocycles. The van der Waals surface area contributed by atoms with E-state index >= 15 is 0 Å². The van der Waals surface area contributed by atoms with Crippen molar-refractivity contribution in [2.24, 2.45) is 13.0 Å². The maximum Gasteiger partial charge on any atom is 0.0534 e. The Bertz CT molecular complexity index is 334. The molecule has 4 nitrogen and oxygen atoms in total. The van der Waals surface area contributed by atoms with Gasteiger partial charge < -0.3 is 5.32 Å². The number of aromatic nitrogens is 2. The average molecular weight is 236 g/mol. The molecule has 1 unspecified atom stereocenters. The van der Waals surface area contributed by atoms with E-state index in [0.29, 0.717) is 0 Å². The van der Waals surface area contributed by atoms with E-state index in [0.717, 1.165) is 19.0 Å². The number of rotatable bonds is 5. The molecular weight excluding hydrogens is 212 g/mol. The van der Waals surface area contributed by atoms with E-state index in [4.69, 9.17) is 0 Å². The van der Waals surface area contributed by atoms with Gasteiger partial charge in [0.15, 0.2) is 0 Å². The smallest absolute Gasteiger partial charge is 0.0534 e. The lowest BCUT2D eigenvalue weighted by Crippen LogP contribution is -2.39. The summed E-state index contributed by atoms with van der Waals surface area (Å²) >= 11 is 0. The third kappa shape index (κ3) is 3.82. The standard InChI is InChI=1S/C13H24N4/c1-3-14-7-12-5-4-6-17(10-12)11-13-8-15-16(2)9-13/h8-9,12,14H,3-7,10-11H2,1-2H3. The topological polar surface area (TPSA) is 33.1 Å². The minimum Gasteiger partial charge on any atom is -0.317 e. The summed E-state index contributed by atoms with van der Waals surface area (Å²) in [4.78, 5) is 2.56. The molecule has 0 spiro atoms. The second-order valence-electron chi connectivity index (χ2n) is 5.07. The van der Waals surface area contributed by atoms with Crippen molar-refractivity contribution in [3.63, 3.8) is 0 Å². The third-order valence-corrected chi connectivity index (χ3v) is 3.45. The first-order chi connectivity index (χ1) is 8.28. The Hall–Kier alpha value is -0.870. The van der Waals surface area contributed by atoms with Gasteiger partial charge >= 0.3 is 0 Å². The molecule has 1 fully saturated rings. The molecule has 96 valence electrons. The fraction of sp³-hybridized carbons (Fsp3) is 0.769. The fourth-order valence-electron chi connectivity index (χ4n) is 2.62. The molecule has 0 amide bonds. The fourth-order valence-corrected chi connectivity index (χ4v) is 2.62. The zero-order valence-electron chi connectivity index (χ0n) is 11.0. The number of hydrogen-bond acceptors (Lipinski definition) is 3. The van der Waals surface area contributed by atoms with Crippen LogP contribution in [0, 0.1) is 5.92 Å². The van der Waals surface area contributed by atoms with Crippen LogP contribution in [0.15, 0.2) is 12.4 Å². The normalized spacial score (nSPS) is 21.9. The lowest BCUT2D eigenvalue weighted by molar-refractivity contribution is 0.166. The summed E-state index contributed by atoms with van der Waals surface area (Å²) in [6, 6.07) is 0. The first-order valence-electron chi connectivity index (χ1n) is 6.68. The van der Waals surface area contributed by atoms with E-state index in [1.807, 2.05) is 17.9 Å². The number of nitrogens with one attached hydrogen (secondary N) is 1. The van der Waals surface area contributed by atoms with Gasteiger partial charge in [0.25, 0.3) is 0 Å². The van der Waals surface area contributed by atoms with Crippen LogP contribution in [-0.4, -0.2) is 40.9 Å². The van der Waals surface area contributed by atoms with Crippen molar-refractivity contribution in [3.05, 3.63) is 18.0 Å². The van der Waals surface area contributed by atoms with Crippen LogP contribution < -0.4 is 5.32 Å². The van der Waals surface area contributed by atoms with Crippen molar-refractivity contribution < 1.29 is 0 Å². The molecule has 1 aliphatic rings. The SMILES string of the molecule is CCNCC1CCCN(Cc2cnn(C)c2)C1. The van der Waals surface area contributed by atoms with Crippen molar-refractivity contribution >= 4 is 0 Å². The molecule has 0 bridgehead atoms. The summed E-state index contributed by atoms with van der Waals surface area (Å²) in [5.74, 6) is 0.820. The highest BCUT2D eigenvalue weighted by Crippen LogP contribution is 2.17. The van der Waals surface area contributed by atoms with Gasteiger partial charge in [-0.2, -0.15) is 5.10 Å². The van der Waals surface area contributed by atoms with Crippen LogP contribution in [0.1, 0.15) is 25.3 Å². The Morgan fingerprint density at radius 2 is 2.41 bits per heavy atom. The molecule has 4 heteroatoms. The molecule has 1 saturated heterocycles. The molecule has 1 aromatic rings. The summed E-state index contributed by atoms with van der Waals surface area (Å²) < 4.78 is 1.88. The van der Waals surface area contributed by atoms with Crippen LogP contribution in [0.25, 0.3) is 0 Å². The Morgan fingerprint density at radius 1 is 1.53 bits per heavy atom. The molecule has 1 N–H and O–H groups in total. The first kappa shape index (κ1) is 12.6. The average Bonchev–Trinajstić information content (AvgIpc) is 2.73. The van der Waals surface area contributed by atoms with Crippen LogP contribution >= 0.6 is 0 Å². The molecule has 0 aliphatic carbocycles. The minimum atomic E-state index is 0.820. The summed E-state index contributed by atoms with van der Waals surface area (Å²) in [6.07, 6.45) is 6.80. The van der Waals surface area contributed by atoms with Crippen molar-refractivity contribution in [1.29, 1.82) is 0 Å². The van der Waals surface area contributed by atoms with Gasteiger partial charge in [-0.3, -0.25) is 9.58 Å². The minimum absolute atomic E-state index is 0.820. The van der Waals surface area contributed by atoms with Gasteiger partial charge in [0, 0.05) is 31.9 Å². The van der Waals surface area contributed by atoms with E-state index in [1.165, 1.54) is 38.0 Å². The second kappa shape index (κ2) is 6.17. The van der Waals surface area contributed by atoms with Crippen molar-refractivity contribution in [1.82, 2.24) is 20.0 Å². The molecule has 0 radical (unpaired) electrons. The summed E-state index contributed by atoms with van der Waals surface area (Å²) in [5.41, 5.74) is 1.33. The van der Waals surface area contributed by atoms with Gasteiger partial charge in [-0.15, -0.1) is 0 Å². The zero-order valence-corrected chi connectivity index (χ0v) is 11.0. The lowest BCUT2D eigenvalue weighted by atomic mass is 9.98.